The van der Waals surface area contributed by atoms with Gasteiger partial charge in [-0.2, -0.15) is 10.4 Å². The number of carbonyl (C=O) groups is 2. The smallest absolute Gasteiger partial charge is 0.281 e. The first kappa shape index (κ1) is 20.8. The standard InChI is InChI=1S/C23H16N4O5/c1-12-18(11-24)22(31)27(8-9-28)23(32)19(12)26-25-13-6-7-16-17(10-13)21(30)15-5-3-2-4-14(15)20(16)29/h2-7,10,28,31H,8-9H2,1H3. The van der Waals surface area contributed by atoms with Gasteiger partial charge in [-0.25, -0.2) is 0 Å². The molecule has 158 valence electrons. The number of pyridine rings is 1. The van der Waals surface area contributed by atoms with Crippen molar-refractivity contribution < 1.29 is 19.8 Å². The van der Waals surface area contributed by atoms with Crippen molar-refractivity contribution in [1.82, 2.24) is 4.57 Å². The van der Waals surface area contributed by atoms with Crippen LogP contribution in [0.25, 0.3) is 0 Å². The van der Waals surface area contributed by atoms with Crippen molar-refractivity contribution in [2.24, 2.45) is 10.2 Å². The first-order chi connectivity index (χ1) is 15.4. The van der Waals surface area contributed by atoms with Gasteiger partial charge >= 0.3 is 0 Å². The second kappa shape index (κ2) is 8.02. The number of nitriles is 1. The minimum atomic E-state index is -0.727. The SMILES string of the molecule is Cc1c(C#N)c(O)n(CCO)c(=O)c1N=Nc1ccc2c(c1)C(=O)c1ccccc1C2=O. The fourth-order valence-electron chi connectivity index (χ4n) is 3.62. The molecule has 2 N–H and O–H groups in total. The number of aliphatic hydroxyl groups excluding tert-OH is 1. The normalized spacial score (nSPS) is 12.5. The Morgan fingerprint density at radius 2 is 1.59 bits per heavy atom. The number of nitrogens with zero attached hydrogens (tertiary/aromatic N) is 4. The minimum Gasteiger partial charge on any atom is -0.493 e. The highest BCUT2D eigenvalue weighted by Crippen LogP contribution is 2.31. The lowest BCUT2D eigenvalue weighted by molar-refractivity contribution is 0.0979. The zero-order chi connectivity index (χ0) is 23.0. The van der Waals surface area contributed by atoms with Gasteiger partial charge in [-0.3, -0.25) is 19.0 Å². The number of ketones is 2. The molecule has 0 aliphatic heterocycles. The number of hydrogen-bond donors (Lipinski definition) is 2. The van der Waals surface area contributed by atoms with Crippen LogP contribution in [0.1, 0.15) is 43.0 Å². The summed E-state index contributed by atoms with van der Waals surface area (Å²) in [6.45, 7) is 0.792. The number of azo groups is 1. The first-order valence-corrected chi connectivity index (χ1v) is 9.60. The summed E-state index contributed by atoms with van der Waals surface area (Å²) in [6, 6.07) is 12.8. The van der Waals surface area contributed by atoms with E-state index in [1.165, 1.54) is 25.1 Å². The van der Waals surface area contributed by atoms with Crippen molar-refractivity contribution in [3.05, 3.63) is 86.2 Å². The van der Waals surface area contributed by atoms with Gasteiger partial charge in [-0.05, 0) is 25.1 Å². The Balaban J connectivity index is 1.79. The summed E-state index contributed by atoms with van der Waals surface area (Å²) in [5.74, 6) is -1.14. The molecule has 1 aliphatic rings. The van der Waals surface area contributed by atoms with Gasteiger partial charge in [-0.1, -0.05) is 24.3 Å². The number of aliphatic hydroxyl groups is 1. The van der Waals surface area contributed by atoms with Gasteiger partial charge in [0.05, 0.1) is 18.8 Å². The van der Waals surface area contributed by atoms with Crippen LogP contribution in [-0.2, 0) is 6.54 Å². The van der Waals surface area contributed by atoms with Crippen molar-refractivity contribution >= 4 is 22.9 Å². The number of benzene rings is 2. The number of aromatic nitrogens is 1. The molecule has 1 aromatic heterocycles. The van der Waals surface area contributed by atoms with E-state index >= 15 is 0 Å². The monoisotopic (exact) mass is 428 g/mol. The van der Waals surface area contributed by atoms with E-state index in [0.29, 0.717) is 11.1 Å². The predicted molar refractivity (Wildman–Crippen MR) is 113 cm³/mol. The number of carbonyl (C=O) groups excluding carboxylic acids is 2. The van der Waals surface area contributed by atoms with Crippen molar-refractivity contribution in [2.45, 2.75) is 13.5 Å². The lowest BCUT2D eigenvalue weighted by Crippen LogP contribution is -2.23. The number of rotatable bonds is 4. The fourth-order valence-corrected chi connectivity index (χ4v) is 3.62. The average molecular weight is 428 g/mol. The molecule has 0 fully saturated rings. The summed E-state index contributed by atoms with van der Waals surface area (Å²) in [6.07, 6.45) is 0. The molecule has 0 saturated carbocycles. The van der Waals surface area contributed by atoms with Crippen LogP contribution in [0.2, 0.25) is 0 Å². The Morgan fingerprint density at radius 3 is 2.22 bits per heavy atom. The Morgan fingerprint density at radius 1 is 0.969 bits per heavy atom. The van der Waals surface area contributed by atoms with Gasteiger partial charge in [-0.15, -0.1) is 5.11 Å². The third kappa shape index (κ3) is 3.19. The van der Waals surface area contributed by atoms with E-state index in [4.69, 9.17) is 5.11 Å². The first-order valence-electron chi connectivity index (χ1n) is 9.60. The van der Waals surface area contributed by atoms with E-state index < -0.39 is 18.0 Å². The summed E-state index contributed by atoms with van der Waals surface area (Å²) < 4.78 is 0.839. The molecule has 2 aromatic carbocycles. The molecule has 0 unspecified atom stereocenters. The lowest BCUT2D eigenvalue weighted by atomic mass is 9.84. The molecule has 0 saturated heterocycles. The topological polar surface area (TPSA) is 145 Å². The van der Waals surface area contributed by atoms with Gasteiger partial charge in [0.15, 0.2) is 17.3 Å². The van der Waals surface area contributed by atoms with E-state index in [9.17, 15) is 24.8 Å². The summed E-state index contributed by atoms with van der Waals surface area (Å²) in [5.41, 5.74) is 0.373. The highest BCUT2D eigenvalue weighted by Gasteiger charge is 2.29. The maximum Gasteiger partial charge on any atom is 0.281 e. The van der Waals surface area contributed by atoms with Crippen LogP contribution in [0, 0.1) is 18.3 Å². The summed E-state index contributed by atoms with van der Waals surface area (Å²) in [5, 5.41) is 36.6. The third-order valence-corrected chi connectivity index (χ3v) is 5.27. The van der Waals surface area contributed by atoms with Crippen molar-refractivity contribution in [2.75, 3.05) is 6.61 Å². The molecule has 1 aliphatic carbocycles. The maximum absolute atomic E-state index is 12.9. The van der Waals surface area contributed by atoms with Crippen molar-refractivity contribution in [3.8, 4) is 11.9 Å². The summed E-state index contributed by atoms with van der Waals surface area (Å²) >= 11 is 0. The Bertz CT molecular complexity index is 1430. The van der Waals surface area contributed by atoms with Gasteiger partial charge in [0.2, 0.25) is 5.88 Å². The second-order valence-electron chi connectivity index (χ2n) is 7.10. The van der Waals surface area contributed by atoms with Crippen LogP contribution in [0.15, 0.2) is 57.5 Å². The minimum absolute atomic E-state index is 0.131. The second-order valence-corrected chi connectivity index (χ2v) is 7.10. The van der Waals surface area contributed by atoms with E-state index in [1.54, 1.807) is 24.3 Å². The molecular formula is C23H16N4O5. The molecular weight excluding hydrogens is 412 g/mol. The molecule has 1 heterocycles. The Hall–Kier alpha value is -4.42. The average Bonchev–Trinajstić information content (AvgIpc) is 2.80. The molecule has 32 heavy (non-hydrogen) atoms. The van der Waals surface area contributed by atoms with Crippen molar-refractivity contribution in [1.29, 1.82) is 5.26 Å². The highest BCUT2D eigenvalue weighted by atomic mass is 16.3. The number of hydrogen-bond acceptors (Lipinski definition) is 8. The fraction of sp³-hybridized carbons (Fsp3) is 0.130. The van der Waals surface area contributed by atoms with E-state index in [-0.39, 0.29) is 51.7 Å². The van der Waals surface area contributed by atoms with Gasteiger partial charge in [0.25, 0.3) is 5.56 Å². The van der Waals surface area contributed by atoms with Crippen LogP contribution in [-0.4, -0.2) is 33.0 Å². The van der Waals surface area contributed by atoms with Crippen LogP contribution < -0.4 is 5.56 Å². The molecule has 3 aromatic rings. The van der Waals surface area contributed by atoms with Crippen molar-refractivity contribution in [3.63, 3.8) is 0 Å². The van der Waals surface area contributed by atoms with E-state index in [0.717, 1.165) is 4.57 Å². The summed E-state index contributed by atoms with van der Waals surface area (Å²) in [7, 11) is 0. The van der Waals surface area contributed by atoms with Crippen LogP contribution in [0.3, 0.4) is 0 Å². The van der Waals surface area contributed by atoms with Crippen LogP contribution in [0.4, 0.5) is 11.4 Å². The number of fused-ring (bicyclic) bond motifs is 2. The molecule has 0 radical (unpaired) electrons. The molecule has 9 nitrogen and oxygen atoms in total. The molecule has 4 rings (SSSR count). The number of aromatic hydroxyl groups is 1. The quantitative estimate of drug-likeness (QED) is 0.478. The van der Waals surface area contributed by atoms with Crippen LogP contribution >= 0.6 is 0 Å². The maximum atomic E-state index is 12.9. The zero-order valence-electron chi connectivity index (χ0n) is 16.9. The molecule has 0 amide bonds. The zero-order valence-corrected chi connectivity index (χ0v) is 16.9. The van der Waals surface area contributed by atoms with E-state index in [1.807, 2.05) is 6.07 Å². The molecule has 0 bridgehead atoms. The highest BCUT2D eigenvalue weighted by molar-refractivity contribution is 6.28. The van der Waals surface area contributed by atoms with E-state index in [2.05, 4.69) is 10.2 Å². The Kier molecular flexibility index (Phi) is 5.22. The van der Waals surface area contributed by atoms with Gasteiger partial charge in [0.1, 0.15) is 11.6 Å². The summed E-state index contributed by atoms with van der Waals surface area (Å²) in [4.78, 5) is 38.3. The molecule has 9 heteroatoms. The Labute approximate surface area is 181 Å². The lowest BCUT2D eigenvalue weighted by Gasteiger charge is -2.17. The van der Waals surface area contributed by atoms with Gasteiger partial charge in [0, 0.05) is 27.8 Å². The van der Waals surface area contributed by atoms with Gasteiger partial charge < -0.3 is 10.2 Å². The molecule has 0 spiro atoms. The third-order valence-electron chi connectivity index (χ3n) is 5.27. The predicted octanol–water partition coefficient (Wildman–Crippen LogP) is 2.92. The largest absolute Gasteiger partial charge is 0.493 e. The van der Waals surface area contributed by atoms with Crippen LogP contribution in [0.5, 0.6) is 5.88 Å². The molecule has 0 atom stereocenters.